The Kier molecular flexibility index (Phi) is 4.32. The van der Waals surface area contributed by atoms with E-state index in [4.69, 9.17) is 4.74 Å². The molecule has 2 unspecified atom stereocenters. The van der Waals surface area contributed by atoms with Crippen molar-refractivity contribution in [3.8, 4) is 0 Å². The summed E-state index contributed by atoms with van der Waals surface area (Å²) in [5.41, 5.74) is 2.91. The van der Waals surface area contributed by atoms with Gasteiger partial charge in [-0.15, -0.1) is 0 Å². The van der Waals surface area contributed by atoms with Crippen LogP contribution >= 0.6 is 0 Å². The summed E-state index contributed by atoms with van der Waals surface area (Å²) in [5, 5.41) is 0. The van der Waals surface area contributed by atoms with E-state index in [2.05, 4.69) is 44.7 Å². The van der Waals surface area contributed by atoms with Crippen LogP contribution in [0, 0.1) is 5.92 Å². The predicted octanol–water partition coefficient (Wildman–Crippen LogP) is 4.08. The first-order chi connectivity index (χ1) is 9.46. The molecule has 1 aliphatic carbocycles. The molecule has 1 aromatic rings. The van der Waals surface area contributed by atoms with Gasteiger partial charge in [0.2, 0.25) is 0 Å². The van der Waals surface area contributed by atoms with E-state index in [9.17, 15) is 4.79 Å². The second kappa shape index (κ2) is 5.82. The van der Waals surface area contributed by atoms with Crippen molar-refractivity contribution < 1.29 is 9.53 Å². The van der Waals surface area contributed by atoms with Crippen molar-refractivity contribution in [2.24, 2.45) is 5.92 Å². The van der Waals surface area contributed by atoms with Crippen LogP contribution in [-0.2, 0) is 22.4 Å². The van der Waals surface area contributed by atoms with Crippen LogP contribution in [0.25, 0.3) is 0 Å². The summed E-state index contributed by atoms with van der Waals surface area (Å²) in [6.07, 6.45) is 3.97. The molecular weight excluding hydrogens is 248 g/mol. The van der Waals surface area contributed by atoms with Crippen molar-refractivity contribution in [1.82, 2.24) is 0 Å². The molecule has 2 atom stereocenters. The fourth-order valence-corrected chi connectivity index (χ4v) is 2.96. The summed E-state index contributed by atoms with van der Waals surface area (Å²) in [7, 11) is 0. The quantitative estimate of drug-likeness (QED) is 0.610. The van der Waals surface area contributed by atoms with Crippen molar-refractivity contribution in [2.75, 3.05) is 0 Å². The van der Waals surface area contributed by atoms with Crippen LogP contribution in [0.1, 0.15) is 44.7 Å². The second-order valence-corrected chi connectivity index (χ2v) is 6.04. The second-order valence-electron chi connectivity index (χ2n) is 6.04. The first-order valence-electron chi connectivity index (χ1n) is 7.42. The SMILES string of the molecule is C=C(C)C(=O)OC(C)(CC)C1CCc2ccccc2C1. The van der Waals surface area contributed by atoms with Gasteiger partial charge in [0, 0.05) is 11.5 Å². The number of aryl methyl sites for hydroxylation is 1. The normalized spacial score (nSPS) is 20.6. The first kappa shape index (κ1) is 14.8. The van der Waals surface area contributed by atoms with Crippen LogP contribution in [0.2, 0.25) is 0 Å². The van der Waals surface area contributed by atoms with E-state index in [1.165, 1.54) is 11.1 Å². The van der Waals surface area contributed by atoms with Gasteiger partial charge in [0.1, 0.15) is 5.60 Å². The van der Waals surface area contributed by atoms with Crippen LogP contribution < -0.4 is 0 Å². The Morgan fingerprint density at radius 2 is 2.05 bits per heavy atom. The third-order valence-corrected chi connectivity index (χ3v) is 4.59. The summed E-state index contributed by atoms with van der Waals surface area (Å²) in [6.45, 7) is 9.53. The fourth-order valence-electron chi connectivity index (χ4n) is 2.96. The van der Waals surface area contributed by atoms with Crippen molar-refractivity contribution in [3.05, 3.63) is 47.5 Å². The Morgan fingerprint density at radius 1 is 1.40 bits per heavy atom. The molecule has 108 valence electrons. The highest BCUT2D eigenvalue weighted by Crippen LogP contribution is 2.37. The summed E-state index contributed by atoms with van der Waals surface area (Å²) in [6, 6.07) is 8.58. The zero-order valence-electron chi connectivity index (χ0n) is 12.7. The molecule has 0 bridgehead atoms. The van der Waals surface area contributed by atoms with Gasteiger partial charge in [0.05, 0.1) is 0 Å². The molecule has 0 aliphatic heterocycles. The maximum atomic E-state index is 11.9. The molecule has 1 aliphatic rings. The third-order valence-electron chi connectivity index (χ3n) is 4.59. The molecule has 0 saturated carbocycles. The molecule has 2 rings (SSSR count). The van der Waals surface area contributed by atoms with E-state index in [1.54, 1.807) is 6.92 Å². The monoisotopic (exact) mass is 272 g/mol. The van der Waals surface area contributed by atoms with Gasteiger partial charge in [-0.05, 0) is 50.7 Å². The van der Waals surface area contributed by atoms with Gasteiger partial charge < -0.3 is 4.74 Å². The summed E-state index contributed by atoms with van der Waals surface area (Å²) in [4.78, 5) is 11.9. The number of rotatable bonds is 4. The molecule has 0 spiro atoms. The first-order valence-corrected chi connectivity index (χ1v) is 7.42. The van der Waals surface area contributed by atoms with E-state index in [0.717, 1.165) is 25.7 Å². The van der Waals surface area contributed by atoms with Crippen molar-refractivity contribution in [2.45, 2.75) is 52.1 Å². The lowest BCUT2D eigenvalue weighted by atomic mass is 9.74. The van der Waals surface area contributed by atoms with Crippen LogP contribution in [0.5, 0.6) is 0 Å². The number of fused-ring (bicyclic) bond motifs is 1. The molecule has 0 aromatic heterocycles. The molecule has 2 nitrogen and oxygen atoms in total. The van der Waals surface area contributed by atoms with E-state index in [-0.39, 0.29) is 5.97 Å². The molecule has 0 saturated heterocycles. The summed E-state index contributed by atoms with van der Waals surface area (Å²) >= 11 is 0. The molecular formula is C18H24O2. The Labute approximate surface area is 121 Å². The van der Waals surface area contributed by atoms with Gasteiger partial charge in [-0.3, -0.25) is 0 Å². The minimum absolute atomic E-state index is 0.270. The van der Waals surface area contributed by atoms with E-state index >= 15 is 0 Å². The number of hydrogen-bond acceptors (Lipinski definition) is 2. The highest BCUT2D eigenvalue weighted by molar-refractivity contribution is 5.87. The maximum Gasteiger partial charge on any atom is 0.333 e. The average Bonchev–Trinajstić information content (AvgIpc) is 2.46. The number of esters is 1. The topological polar surface area (TPSA) is 26.3 Å². The Hall–Kier alpha value is -1.57. The minimum Gasteiger partial charge on any atom is -0.456 e. The van der Waals surface area contributed by atoms with E-state index < -0.39 is 5.60 Å². The number of ether oxygens (including phenoxy) is 1. The Bertz CT molecular complexity index is 518. The largest absolute Gasteiger partial charge is 0.456 e. The summed E-state index contributed by atoms with van der Waals surface area (Å²) < 4.78 is 5.76. The molecule has 0 heterocycles. The predicted molar refractivity (Wildman–Crippen MR) is 81.6 cm³/mol. The average molecular weight is 272 g/mol. The van der Waals surface area contributed by atoms with Gasteiger partial charge in [-0.2, -0.15) is 0 Å². The van der Waals surface area contributed by atoms with E-state index in [0.29, 0.717) is 11.5 Å². The fraction of sp³-hybridized carbons (Fsp3) is 0.500. The van der Waals surface area contributed by atoms with Gasteiger partial charge in [-0.25, -0.2) is 4.79 Å². The lowest BCUT2D eigenvalue weighted by Crippen LogP contribution is -2.42. The molecule has 2 heteroatoms. The Morgan fingerprint density at radius 3 is 2.65 bits per heavy atom. The number of hydrogen-bond donors (Lipinski definition) is 0. The van der Waals surface area contributed by atoms with Crippen molar-refractivity contribution >= 4 is 5.97 Å². The van der Waals surface area contributed by atoms with E-state index in [1.807, 2.05) is 0 Å². The molecule has 20 heavy (non-hydrogen) atoms. The molecule has 1 aromatic carbocycles. The van der Waals surface area contributed by atoms with Crippen molar-refractivity contribution in [1.29, 1.82) is 0 Å². The molecule has 0 N–H and O–H groups in total. The van der Waals surface area contributed by atoms with Crippen LogP contribution in [-0.4, -0.2) is 11.6 Å². The molecule has 0 fully saturated rings. The van der Waals surface area contributed by atoms with Gasteiger partial charge in [0.15, 0.2) is 0 Å². The lowest BCUT2D eigenvalue weighted by Gasteiger charge is -2.39. The third kappa shape index (κ3) is 2.95. The minimum atomic E-state index is -0.399. The van der Waals surface area contributed by atoms with Gasteiger partial charge >= 0.3 is 5.97 Å². The zero-order chi connectivity index (χ0) is 14.8. The van der Waals surface area contributed by atoms with Crippen LogP contribution in [0.4, 0.5) is 0 Å². The highest BCUT2D eigenvalue weighted by atomic mass is 16.6. The standard InChI is InChI=1S/C18H24O2/c1-5-18(4,20-17(19)13(2)3)16-11-10-14-8-6-7-9-15(14)12-16/h6-9,16H,2,5,10-12H2,1,3-4H3. The zero-order valence-corrected chi connectivity index (χ0v) is 12.7. The van der Waals surface area contributed by atoms with Gasteiger partial charge in [0.25, 0.3) is 0 Å². The smallest absolute Gasteiger partial charge is 0.333 e. The maximum absolute atomic E-state index is 11.9. The number of carbonyl (C=O) groups is 1. The highest BCUT2D eigenvalue weighted by Gasteiger charge is 2.38. The van der Waals surface area contributed by atoms with Gasteiger partial charge in [-0.1, -0.05) is 37.8 Å². The summed E-state index contributed by atoms with van der Waals surface area (Å²) in [5.74, 6) is 0.110. The lowest BCUT2D eigenvalue weighted by molar-refractivity contribution is -0.160. The Balaban J connectivity index is 2.17. The van der Waals surface area contributed by atoms with Crippen molar-refractivity contribution in [3.63, 3.8) is 0 Å². The van der Waals surface area contributed by atoms with Crippen LogP contribution in [0.3, 0.4) is 0 Å². The number of carbonyl (C=O) groups excluding carboxylic acids is 1. The molecule has 0 radical (unpaired) electrons. The van der Waals surface area contributed by atoms with Crippen LogP contribution in [0.15, 0.2) is 36.4 Å². The molecule has 0 amide bonds. The number of benzene rings is 1.